The summed E-state index contributed by atoms with van der Waals surface area (Å²) in [5.74, 6) is 0. The van der Waals surface area contributed by atoms with Crippen LogP contribution in [0.1, 0.15) is 49.9 Å². The zero-order chi connectivity index (χ0) is 37.3. The van der Waals surface area contributed by atoms with Crippen molar-refractivity contribution in [2.24, 2.45) is 0 Å². The van der Waals surface area contributed by atoms with Gasteiger partial charge in [0.2, 0.25) is 0 Å². The van der Waals surface area contributed by atoms with Gasteiger partial charge in [-0.25, -0.2) is 0 Å². The first-order valence-corrected chi connectivity index (χ1v) is 19.4. The first-order chi connectivity index (χ1) is 26.8. The topological polar surface area (TPSA) is 3.24 Å². The van der Waals surface area contributed by atoms with Crippen LogP contribution in [0, 0.1) is 0 Å². The van der Waals surface area contributed by atoms with Gasteiger partial charge in [0.1, 0.15) is 0 Å². The van der Waals surface area contributed by atoms with E-state index in [1.807, 2.05) is 0 Å². The Morgan fingerprint density at radius 1 is 0.309 bits per heavy atom. The minimum atomic E-state index is -0.117. The Morgan fingerprint density at radius 3 is 1.44 bits per heavy atom. The number of hydrogen-bond donors (Lipinski definition) is 0. The van der Waals surface area contributed by atoms with E-state index in [0.29, 0.717) is 0 Å². The largest absolute Gasteiger partial charge is 0.310 e. The minimum absolute atomic E-state index is 0.115. The quantitative estimate of drug-likeness (QED) is 0.166. The van der Waals surface area contributed by atoms with Gasteiger partial charge in [-0.2, -0.15) is 0 Å². The van der Waals surface area contributed by atoms with E-state index < -0.39 is 0 Å². The molecule has 1 nitrogen and oxygen atoms in total. The Labute approximate surface area is 325 Å². The molecule has 0 fully saturated rings. The zero-order valence-electron chi connectivity index (χ0n) is 31.8. The van der Waals surface area contributed by atoms with E-state index in [0.717, 1.165) is 17.1 Å². The van der Waals surface area contributed by atoms with Gasteiger partial charge in [-0.15, -0.1) is 0 Å². The highest BCUT2D eigenvalue weighted by Crippen LogP contribution is 2.54. The predicted octanol–water partition coefficient (Wildman–Crippen LogP) is 14.8. The van der Waals surface area contributed by atoms with Crippen molar-refractivity contribution in [1.82, 2.24) is 0 Å². The fourth-order valence-electron chi connectivity index (χ4n) is 9.44. The van der Waals surface area contributed by atoms with E-state index in [4.69, 9.17) is 0 Å². The molecule has 1 heteroatoms. The molecule has 2 aliphatic carbocycles. The molecule has 0 heterocycles. The van der Waals surface area contributed by atoms with Gasteiger partial charge in [-0.05, 0) is 109 Å². The highest BCUT2D eigenvalue weighted by atomic mass is 15.1. The molecule has 2 aliphatic rings. The fraction of sp³-hybridized carbons (Fsp3) is 0.111. The van der Waals surface area contributed by atoms with Crippen LogP contribution < -0.4 is 4.90 Å². The summed E-state index contributed by atoms with van der Waals surface area (Å²) >= 11 is 0. The number of nitrogens with zero attached hydrogens (tertiary/aromatic N) is 1. The number of hydrogen-bond acceptors (Lipinski definition) is 1. The van der Waals surface area contributed by atoms with Crippen molar-refractivity contribution >= 4 is 17.1 Å². The molecule has 55 heavy (non-hydrogen) atoms. The fourth-order valence-corrected chi connectivity index (χ4v) is 9.44. The van der Waals surface area contributed by atoms with Crippen LogP contribution in [-0.4, -0.2) is 0 Å². The van der Waals surface area contributed by atoms with Gasteiger partial charge in [0.15, 0.2) is 0 Å². The van der Waals surface area contributed by atoms with Crippen LogP contribution in [0.25, 0.3) is 55.6 Å². The molecule has 0 aromatic heterocycles. The summed E-state index contributed by atoms with van der Waals surface area (Å²) in [7, 11) is 0. The van der Waals surface area contributed by atoms with Gasteiger partial charge in [0, 0.05) is 27.8 Å². The first-order valence-electron chi connectivity index (χ1n) is 19.4. The molecule has 0 bridgehead atoms. The van der Waals surface area contributed by atoms with Crippen LogP contribution in [0.5, 0.6) is 0 Å². The maximum atomic E-state index is 2.48. The Hall–Kier alpha value is -6.44. The average molecular weight is 706 g/mol. The summed E-state index contributed by atoms with van der Waals surface area (Å²) < 4.78 is 0. The van der Waals surface area contributed by atoms with Crippen molar-refractivity contribution in [2.75, 3.05) is 4.90 Å². The average Bonchev–Trinajstić information content (AvgIpc) is 3.60. The predicted molar refractivity (Wildman–Crippen MR) is 233 cm³/mol. The van der Waals surface area contributed by atoms with Crippen molar-refractivity contribution < 1.29 is 0 Å². The Kier molecular flexibility index (Phi) is 7.58. The molecule has 0 saturated carbocycles. The third-order valence-electron chi connectivity index (χ3n) is 12.3. The summed E-state index contributed by atoms with van der Waals surface area (Å²) in [4.78, 5) is 2.48. The molecular formula is C54H43N. The van der Waals surface area contributed by atoms with Crippen LogP contribution in [0.2, 0.25) is 0 Å². The molecule has 0 spiro atoms. The van der Waals surface area contributed by atoms with E-state index in [2.05, 4.69) is 221 Å². The molecule has 0 atom stereocenters. The van der Waals surface area contributed by atoms with Gasteiger partial charge in [0.05, 0.1) is 5.69 Å². The lowest BCUT2D eigenvalue weighted by Crippen LogP contribution is -2.17. The van der Waals surface area contributed by atoms with Gasteiger partial charge >= 0.3 is 0 Å². The van der Waals surface area contributed by atoms with E-state index in [-0.39, 0.29) is 10.8 Å². The molecule has 0 radical (unpaired) electrons. The summed E-state index contributed by atoms with van der Waals surface area (Å²) in [6.07, 6.45) is 0. The maximum absolute atomic E-state index is 2.48. The number of benzene rings is 8. The number of fused-ring (bicyclic) bond motifs is 6. The van der Waals surface area contributed by atoms with Crippen LogP contribution in [0.15, 0.2) is 188 Å². The van der Waals surface area contributed by atoms with E-state index in [9.17, 15) is 0 Å². The van der Waals surface area contributed by atoms with Crippen molar-refractivity contribution in [3.8, 4) is 55.6 Å². The molecule has 10 rings (SSSR count). The normalized spacial score (nSPS) is 14.1. The van der Waals surface area contributed by atoms with Crippen LogP contribution in [0.3, 0.4) is 0 Å². The second-order valence-electron chi connectivity index (χ2n) is 16.1. The summed E-state index contributed by atoms with van der Waals surface area (Å²) in [6, 6.07) is 69.6. The summed E-state index contributed by atoms with van der Waals surface area (Å²) in [5.41, 5.74) is 21.3. The Balaban J connectivity index is 1.21. The number of rotatable bonds is 6. The maximum Gasteiger partial charge on any atom is 0.0546 e. The smallest absolute Gasteiger partial charge is 0.0546 e. The highest BCUT2D eigenvalue weighted by molar-refractivity contribution is 5.99. The Bertz CT molecular complexity index is 2740. The molecule has 264 valence electrons. The van der Waals surface area contributed by atoms with Gasteiger partial charge in [-0.1, -0.05) is 179 Å². The van der Waals surface area contributed by atoms with Crippen molar-refractivity contribution in [3.63, 3.8) is 0 Å². The second kappa shape index (κ2) is 12.6. The van der Waals surface area contributed by atoms with E-state index in [1.54, 1.807) is 0 Å². The third-order valence-corrected chi connectivity index (χ3v) is 12.3. The summed E-state index contributed by atoms with van der Waals surface area (Å²) in [6.45, 7) is 9.47. The minimum Gasteiger partial charge on any atom is -0.310 e. The van der Waals surface area contributed by atoms with Crippen LogP contribution in [-0.2, 0) is 10.8 Å². The van der Waals surface area contributed by atoms with Crippen molar-refractivity contribution in [1.29, 1.82) is 0 Å². The first kappa shape index (κ1) is 33.2. The Morgan fingerprint density at radius 2 is 0.782 bits per heavy atom. The van der Waals surface area contributed by atoms with Gasteiger partial charge in [0.25, 0.3) is 0 Å². The molecule has 0 N–H and O–H groups in total. The molecule has 8 aromatic carbocycles. The van der Waals surface area contributed by atoms with E-state index >= 15 is 0 Å². The van der Waals surface area contributed by atoms with Crippen LogP contribution in [0.4, 0.5) is 17.1 Å². The monoisotopic (exact) mass is 705 g/mol. The third kappa shape index (κ3) is 5.22. The molecule has 0 aliphatic heterocycles. The molecule has 0 unspecified atom stereocenters. The van der Waals surface area contributed by atoms with Crippen molar-refractivity contribution in [2.45, 2.75) is 38.5 Å². The molecule has 0 amide bonds. The lowest BCUT2D eigenvalue weighted by atomic mass is 9.81. The van der Waals surface area contributed by atoms with Crippen molar-refractivity contribution in [3.05, 3.63) is 210 Å². The zero-order valence-corrected chi connectivity index (χ0v) is 31.8. The van der Waals surface area contributed by atoms with E-state index in [1.165, 1.54) is 77.9 Å². The molecular weight excluding hydrogens is 663 g/mol. The SMILES string of the molecule is CC1(C)c2ccccc2-c2ccc(-c3c(-c4ccc(-c5ccccc5)cc4)cccc3N(c3ccccc3)c3ccc4c(c3)C(C)(C)c3ccccc3-4)cc21. The second-order valence-corrected chi connectivity index (χ2v) is 16.1. The van der Waals surface area contributed by atoms with Gasteiger partial charge < -0.3 is 4.90 Å². The lowest BCUT2D eigenvalue weighted by molar-refractivity contribution is 0.660. The number of anilines is 3. The molecule has 8 aromatic rings. The highest BCUT2D eigenvalue weighted by Gasteiger charge is 2.37. The van der Waals surface area contributed by atoms with Gasteiger partial charge in [-0.3, -0.25) is 0 Å². The molecule has 0 saturated heterocycles. The number of para-hydroxylation sites is 1. The summed E-state index contributed by atoms with van der Waals surface area (Å²) in [5, 5.41) is 0. The lowest BCUT2D eigenvalue weighted by Gasteiger charge is -2.31. The standard InChI is InChI=1S/C54H43N/c1-53(2)47-23-13-11-20-43(47)45-32-30-39(34-49(45)53)52-42(38-28-26-37(27-29-38)36-16-7-5-8-17-36)22-15-25-51(52)55(40-18-9-6-10-19-40)41-31-33-46-44-21-12-14-24-48(44)54(3,4)50(46)35-41/h5-35H,1-4H3. The van der Waals surface area contributed by atoms with Crippen LogP contribution >= 0.6 is 0 Å².